The highest BCUT2D eigenvalue weighted by Gasteiger charge is 2.21. The normalized spacial score (nSPS) is 11.9. The second kappa shape index (κ2) is 7.63. The summed E-state index contributed by atoms with van der Waals surface area (Å²) in [4.78, 5) is 28.4. The van der Waals surface area contributed by atoms with Crippen molar-refractivity contribution in [1.29, 1.82) is 0 Å². The van der Waals surface area contributed by atoms with Gasteiger partial charge in [0.1, 0.15) is 23.4 Å². The lowest BCUT2D eigenvalue weighted by atomic mass is 10.2. The smallest absolute Gasteiger partial charge is 0.319 e. The van der Waals surface area contributed by atoms with Crippen molar-refractivity contribution in [2.75, 3.05) is 5.32 Å². The van der Waals surface area contributed by atoms with Gasteiger partial charge in [-0.3, -0.25) is 4.79 Å². The van der Waals surface area contributed by atoms with E-state index >= 15 is 0 Å². The molecule has 3 aromatic rings. The van der Waals surface area contributed by atoms with E-state index in [1.807, 2.05) is 0 Å². The predicted molar refractivity (Wildman–Crippen MR) is 96.4 cm³/mol. The highest BCUT2D eigenvalue weighted by molar-refractivity contribution is 6.30. The lowest BCUT2D eigenvalue weighted by Gasteiger charge is -2.14. The number of hydrogen-bond acceptors (Lipinski definition) is 4. The average Bonchev–Trinajstić information content (AvgIpc) is 2.64. The van der Waals surface area contributed by atoms with Crippen LogP contribution in [0.25, 0.3) is 11.3 Å². The van der Waals surface area contributed by atoms with Gasteiger partial charge in [-0.25, -0.2) is 18.3 Å². The van der Waals surface area contributed by atoms with Crippen molar-refractivity contribution in [2.45, 2.75) is 13.0 Å². The monoisotopic (exact) mass is 390 g/mol. The Morgan fingerprint density at radius 2 is 1.78 bits per heavy atom. The minimum absolute atomic E-state index is 0.306. The SMILES string of the molecule is CC(C(=O)Nc1c(F)cccc1F)n1ncc(-c2ccc(Cl)cc2)nc1=O. The maximum Gasteiger partial charge on any atom is 0.365 e. The van der Waals surface area contributed by atoms with E-state index in [1.165, 1.54) is 19.2 Å². The van der Waals surface area contributed by atoms with Crippen molar-refractivity contribution in [3.63, 3.8) is 0 Å². The molecule has 0 aliphatic carbocycles. The van der Waals surface area contributed by atoms with Crippen LogP contribution < -0.4 is 11.0 Å². The third kappa shape index (κ3) is 4.01. The van der Waals surface area contributed by atoms with E-state index in [0.717, 1.165) is 16.8 Å². The van der Waals surface area contributed by atoms with Gasteiger partial charge in [0.05, 0.1) is 11.9 Å². The first-order chi connectivity index (χ1) is 12.9. The van der Waals surface area contributed by atoms with Crippen molar-refractivity contribution in [3.8, 4) is 11.3 Å². The topological polar surface area (TPSA) is 76.9 Å². The first-order valence-corrected chi connectivity index (χ1v) is 8.21. The lowest BCUT2D eigenvalue weighted by molar-refractivity contribution is -0.119. The van der Waals surface area contributed by atoms with E-state index in [4.69, 9.17) is 11.6 Å². The van der Waals surface area contributed by atoms with Gasteiger partial charge in [-0.2, -0.15) is 10.1 Å². The van der Waals surface area contributed by atoms with Gasteiger partial charge in [0, 0.05) is 10.6 Å². The Morgan fingerprint density at radius 3 is 2.37 bits per heavy atom. The fraction of sp³-hybridized carbons (Fsp3) is 0.111. The van der Waals surface area contributed by atoms with Crippen LogP contribution in [0.1, 0.15) is 13.0 Å². The number of para-hydroxylation sites is 1. The summed E-state index contributed by atoms with van der Waals surface area (Å²) in [6.45, 7) is 1.37. The molecule has 0 spiro atoms. The van der Waals surface area contributed by atoms with Crippen LogP contribution in [-0.4, -0.2) is 20.7 Å². The minimum atomic E-state index is -1.14. The molecular weight excluding hydrogens is 378 g/mol. The molecule has 1 N–H and O–H groups in total. The summed E-state index contributed by atoms with van der Waals surface area (Å²) in [6, 6.07) is 8.69. The van der Waals surface area contributed by atoms with E-state index in [2.05, 4.69) is 15.4 Å². The molecule has 9 heteroatoms. The molecule has 1 heterocycles. The molecule has 0 saturated heterocycles. The Balaban J connectivity index is 1.84. The zero-order valence-electron chi connectivity index (χ0n) is 14.0. The maximum absolute atomic E-state index is 13.7. The third-order valence-corrected chi connectivity index (χ3v) is 4.07. The highest BCUT2D eigenvalue weighted by atomic mass is 35.5. The molecule has 1 aromatic heterocycles. The standard InChI is InChI=1S/C18H13ClF2N4O2/c1-10(17(26)24-16-13(20)3-2-4-14(16)21)25-18(27)23-15(9-22-25)11-5-7-12(19)8-6-11/h2-10H,1H3,(H,24,26). The molecule has 0 bridgehead atoms. The van der Waals surface area contributed by atoms with Crippen molar-refractivity contribution >= 4 is 23.2 Å². The highest BCUT2D eigenvalue weighted by Crippen LogP contribution is 2.20. The Bertz CT molecular complexity index is 1030. The predicted octanol–water partition coefficient (Wildman–Crippen LogP) is 3.44. The summed E-state index contributed by atoms with van der Waals surface area (Å²) in [6.07, 6.45) is 1.32. The summed E-state index contributed by atoms with van der Waals surface area (Å²) in [5.41, 5.74) is -0.436. The molecule has 0 saturated carbocycles. The number of nitrogens with zero attached hydrogens (tertiary/aromatic N) is 3. The fourth-order valence-electron chi connectivity index (χ4n) is 2.33. The van der Waals surface area contributed by atoms with Gasteiger partial charge in [0.2, 0.25) is 5.91 Å². The number of carbonyl (C=O) groups is 1. The lowest BCUT2D eigenvalue weighted by Crippen LogP contribution is -2.35. The number of anilines is 1. The quantitative estimate of drug-likeness (QED) is 0.740. The molecule has 0 aliphatic rings. The summed E-state index contributed by atoms with van der Waals surface area (Å²) in [7, 11) is 0. The van der Waals surface area contributed by atoms with Gasteiger partial charge in [-0.15, -0.1) is 0 Å². The van der Waals surface area contributed by atoms with Gasteiger partial charge >= 0.3 is 5.69 Å². The van der Waals surface area contributed by atoms with Crippen molar-refractivity contribution in [2.24, 2.45) is 0 Å². The van der Waals surface area contributed by atoms with Crippen LogP contribution in [0.2, 0.25) is 5.02 Å². The molecular formula is C18H13ClF2N4O2. The number of benzene rings is 2. The van der Waals surface area contributed by atoms with Crippen LogP contribution >= 0.6 is 11.6 Å². The summed E-state index contributed by atoms with van der Waals surface area (Å²) >= 11 is 5.82. The number of amides is 1. The third-order valence-electron chi connectivity index (χ3n) is 3.81. The van der Waals surface area contributed by atoms with E-state index in [1.54, 1.807) is 24.3 Å². The van der Waals surface area contributed by atoms with Crippen LogP contribution in [0.3, 0.4) is 0 Å². The van der Waals surface area contributed by atoms with Crippen LogP contribution in [0, 0.1) is 11.6 Å². The second-order valence-electron chi connectivity index (χ2n) is 5.64. The number of rotatable bonds is 4. The molecule has 1 amide bonds. The van der Waals surface area contributed by atoms with E-state index in [9.17, 15) is 18.4 Å². The number of halogens is 3. The molecule has 138 valence electrons. The fourth-order valence-corrected chi connectivity index (χ4v) is 2.46. The minimum Gasteiger partial charge on any atom is -0.319 e. The van der Waals surface area contributed by atoms with E-state index in [-0.39, 0.29) is 0 Å². The first kappa shape index (κ1) is 18.7. The van der Waals surface area contributed by atoms with Crippen LogP contribution in [-0.2, 0) is 4.79 Å². The van der Waals surface area contributed by atoms with Crippen LogP contribution in [0.15, 0.2) is 53.5 Å². The Labute approximate surface area is 157 Å². The summed E-state index contributed by atoms with van der Waals surface area (Å²) in [5.74, 6) is -2.66. The molecule has 3 rings (SSSR count). The van der Waals surface area contributed by atoms with Gasteiger partial charge in [-0.05, 0) is 31.2 Å². The number of hydrogen-bond donors (Lipinski definition) is 1. The average molecular weight is 391 g/mol. The first-order valence-electron chi connectivity index (χ1n) is 7.83. The van der Waals surface area contributed by atoms with Crippen molar-refractivity contribution in [1.82, 2.24) is 14.8 Å². The molecule has 0 radical (unpaired) electrons. The molecule has 27 heavy (non-hydrogen) atoms. The van der Waals surface area contributed by atoms with E-state index < -0.39 is 35.0 Å². The van der Waals surface area contributed by atoms with Gasteiger partial charge in [-0.1, -0.05) is 29.8 Å². The second-order valence-corrected chi connectivity index (χ2v) is 6.07. The molecule has 1 unspecified atom stereocenters. The van der Waals surface area contributed by atoms with E-state index in [0.29, 0.717) is 16.3 Å². The molecule has 6 nitrogen and oxygen atoms in total. The largest absolute Gasteiger partial charge is 0.365 e. The zero-order chi connectivity index (χ0) is 19.6. The van der Waals surface area contributed by atoms with Crippen LogP contribution in [0.4, 0.5) is 14.5 Å². The molecule has 0 fully saturated rings. The van der Waals surface area contributed by atoms with Gasteiger partial charge < -0.3 is 5.32 Å². The number of aromatic nitrogens is 3. The maximum atomic E-state index is 13.7. The molecule has 2 aromatic carbocycles. The van der Waals surface area contributed by atoms with Crippen molar-refractivity contribution < 1.29 is 13.6 Å². The number of nitrogens with one attached hydrogen (secondary N) is 1. The summed E-state index contributed by atoms with van der Waals surface area (Å²) < 4.78 is 28.2. The van der Waals surface area contributed by atoms with Crippen LogP contribution in [0.5, 0.6) is 0 Å². The number of carbonyl (C=O) groups excluding carboxylic acids is 1. The zero-order valence-corrected chi connectivity index (χ0v) is 14.7. The Hall–Kier alpha value is -3.13. The Morgan fingerprint density at radius 1 is 1.15 bits per heavy atom. The van der Waals surface area contributed by atoms with Gasteiger partial charge in [0.15, 0.2) is 0 Å². The Kier molecular flexibility index (Phi) is 5.27. The van der Waals surface area contributed by atoms with Gasteiger partial charge in [0.25, 0.3) is 0 Å². The van der Waals surface area contributed by atoms with Crippen molar-refractivity contribution in [3.05, 3.63) is 75.8 Å². The molecule has 1 atom stereocenters. The molecule has 0 aliphatic heterocycles. The summed E-state index contributed by atoms with van der Waals surface area (Å²) in [5, 5.41) is 6.60.